The van der Waals surface area contributed by atoms with Crippen molar-refractivity contribution < 1.29 is 27.3 Å². The summed E-state index contributed by atoms with van der Waals surface area (Å²) in [5, 5.41) is 10.6. The highest BCUT2D eigenvalue weighted by molar-refractivity contribution is 7.98. The first kappa shape index (κ1) is 37.6. The lowest BCUT2D eigenvalue weighted by Gasteiger charge is -2.13. The molecule has 0 atom stereocenters. The Balaban J connectivity index is 1.22. The topological polar surface area (TPSA) is 172 Å². The number of aryl methyl sites for hydroxylation is 1. The Morgan fingerprint density at radius 1 is 1.00 bits per heavy atom. The number of carbonyl (C=O) groups excluding carboxylic acids is 2. The minimum absolute atomic E-state index is 0.179. The number of rotatable bonds is 17. The quantitative estimate of drug-likeness (QED) is 0.0329. The van der Waals surface area contributed by atoms with Crippen LogP contribution in [0.15, 0.2) is 87.8 Å². The smallest absolute Gasteiger partial charge is 0.295 e. The van der Waals surface area contributed by atoms with E-state index in [1.165, 1.54) is 54.5 Å². The molecule has 4 N–H and O–H groups in total. The molecule has 0 aliphatic rings. The van der Waals surface area contributed by atoms with Crippen LogP contribution in [0, 0.1) is 0 Å². The van der Waals surface area contributed by atoms with Crippen molar-refractivity contribution in [2.45, 2.75) is 41.7 Å². The second-order valence-electron chi connectivity index (χ2n) is 10.4. The van der Waals surface area contributed by atoms with Gasteiger partial charge in [0.1, 0.15) is 16.5 Å². The van der Waals surface area contributed by atoms with Crippen LogP contribution in [-0.4, -0.2) is 60.7 Å². The van der Waals surface area contributed by atoms with Crippen molar-refractivity contribution in [3.05, 3.63) is 105 Å². The Hall–Kier alpha value is -4.21. The maximum atomic E-state index is 12.6. The highest BCUT2D eigenvalue weighted by Crippen LogP contribution is 2.35. The van der Waals surface area contributed by atoms with Crippen LogP contribution in [-0.2, 0) is 27.1 Å². The van der Waals surface area contributed by atoms with Gasteiger partial charge in [-0.2, -0.15) is 13.5 Å². The molecular formula is C33H34Cl2N6O6S2. The van der Waals surface area contributed by atoms with Gasteiger partial charge in [0.25, 0.3) is 16.0 Å². The number of carbonyl (C=O) groups is 2. The van der Waals surface area contributed by atoms with Crippen molar-refractivity contribution in [1.29, 1.82) is 0 Å². The van der Waals surface area contributed by atoms with Crippen molar-refractivity contribution in [2.24, 2.45) is 5.10 Å². The molecule has 0 spiro atoms. The number of anilines is 1. The van der Waals surface area contributed by atoms with Crippen molar-refractivity contribution in [3.63, 3.8) is 0 Å². The Bertz CT molecular complexity index is 1880. The van der Waals surface area contributed by atoms with Crippen LogP contribution in [0.4, 0.5) is 5.82 Å². The van der Waals surface area contributed by atoms with Crippen LogP contribution in [0.25, 0.3) is 0 Å². The van der Waals surface area contributed by atoms with Crippen molar-refractivity contribution in [3.8, 4) is 5.75 Å². The summed E-state index contributed by atoms with van der Waals surface area (Å²) in [5.74, 6) is 0.894. The van der Waals surface area contributed by atoms with E-state index >= 15 is 0 Å². The monoisotopic (exact) mass is 744 g/mol. The molecule has 2 aromatic carbocycles. The molecule has 12 nitrogen and oxygen atoms in total. The van der Waals surface area contributed by atoms with Crippen LogP contribution in [0.2, 0.25) is 10.0 Å². The van der Waals surface area contributed by atoms with Gasteiger partial charge in [0.15, 0.2) is 0 Å². The summed E-state index contributed by atoms with van der Waals surface area (Å²) in [6.07, 6.45) is 3.95. The third-order valence-corrected chi connectivity index (χ3v) is 9.61. The number of benzene rings is 2. The first-order valence-electron chi connectivity index (χ1n) is 15.1. The zero-order valence-electron chi connectivity index (χ0n) is 26.4. The van der Waals surface area contributed by atoms with Crippen molar-refractivity contribution in [1.82, 2.24) is 20.6 Å². The van der Waals surface area contributed by atoms with Crippen LogP contribution in [0.1, 0.15) is 47.1 Å². The number of hydrazone groups is 1. The zero-order chi connectivity index (χ0) is 35.2. The van der Waals surface area contributed by atoms with Gasteiger partial charge in [0, 0.05) is 48.3 Å². The lowest BCUT2D eigenvalue weighted by Crippen LogP contribution is -2.34. The highest BCUT2D eigenvalue weighted by Gasteiger charge is 2.14. The molecule has 16 heteroatoms. The highest BCUT2D eigenvalue weighted by atomic mass is 35.5. The minimum atomic E-state index is -4.41. The predicted octanol–water partition coefficient (Wildman–Crippen LogP) is 6.04. The maximum absolute atomic E-state index is 12.6. The lowest BCUT2D eigenvalue weighted by molar-refractivity contribution is -0.121. The fourth-order valence-corrected chi connectivity index (χ4v) is 6.55. The van der Waals surface area contributed by atoms with E-state index < -0.39 is 10.1 Å². The largest absolute Gasteiger partial charge is 0.492 e. The number of halogens is 2. The number of nitrogens with zero attached hydrogens (tertiary/aromatic N) is 3. The SMILES string of the molecule is CCCOc1ccc(CSc2c(Cl)cccc2Cl)nc1CCC(=O)NCCNC(=O)c1ccc(N/N=C\c2ccccc2S(=O)(=O)O)nc1. The fourth-order valence-electron chi connectivity index (χ4n) is 4.29. The van der Waals surface area contributed by atoms with Gasteiger partial charge in [-0.3, -0.25) is 24.6 Å². The number of hydrogen-bond donors (Lipinski definition) is 4. The van der Waals surface area contributed by atoms with E-state index in [0.717, 1.165) is 17.0 Å². The number of amides is 2. The molecule has 4 aromatic rings. The molecule has 0 radical (unpaired) electrons. The van der Waals surface area contributed by atoms with E-state index in [4.69, 9.17) is 32.9 Å². The van der Waals surface area contributed by atoms with Gasteiger partial charge in [0.2, 0.25) is 5.91 Å². The summed E-state index contributed by atoms with van der Waals surface area (Å²) in [4.78, 5) is 34.5. The summed E-state index contributed by atoms with van der Waals surface area (Å²) < 4.78 is 38.2. The van der Waals surface area contributed by atoms with Crippen molar-refractivity contribution in [2.75, 3.05) is 25.1 Å². The molecular weight excluding hydrogens is 711 g/mol. The molecule has 4 rings (SSSR count). The Kier molecular flexibility index (Phi) is 14.2. The Labute approximate surface area is 298 Å². The standard InChI is InChI=1S/C33H34Cl2N6O6S2/c1-2-18-47-28-13-11-24(21-48-32-25(34)7-5-8-26(32)35)40-27(28)12-15-31(42)36-16-17-37-33(43)23-10-14-30(38-19-23)41-39-20-22-6-3-4-9-29(22)49(44,45)46/h3-11,13-14,19-20H,2,12,15-18,21H2,1H3,(H,36,42)(H,37,43)(H,38,41)(H,44,45,46)/b39-20-. The fraction of sp³-hybridized carbons (Fsp3) is 0.242. The molecule has 0 bridgehead atoms. The molecule has 2 heterocycles. The van der Waals surface area contributed by atoms with Crippen LogP contribution in [0.5, 0.6) is 5.75 Å². The summed E-state index contributed by atoms with van der Waals surface area (Å²) in [7, 11) is -4.41. The number of aromatic nitrogens is 2. The zero-order valence-corrected chi connectivity index (χ0v) is 29.5. The van der Waals surface area contributed by atoms with E-state index in [2.05, 4.69) is 26.1 Å². The van der Waals surface area contributed by atoms with Crippen LogP contribution in [0.3, 0.4) is 0 Å². The average Bonchev–Trinajstić information content (AvgIpc) is 3.08. The van der Waals surface area contributed by atoms with E-state index in [1.807, 2.05) is 19.1 Å². The first-order valence-corrected chi connectivity index (χ1v) is 18.3. The van der Waals surface area contributed by atoms with E-state index in [0.29, 0.717) is 46.1 Å². The van der Waals surface area contributed by atoms with Gasteiger partial charge in [-0.15, -0.1) is 11.8 Å². The van der Waals surface area contributed by atoms with E-state index in [9.17, 15) is 22.6 Å². The van der Waals surface area contributed by atoms with E-state index in [-0.39, 0.29) is 47.3 Å². The number of pyridine rings is 2. The second kappa shape index (κ2) is 18.5. The van der Waals surface area contributed by atoms with Gasteiger partial charge < -0.3 is 15.4 Å². The minimum Gasteiger partial charge on any atom is -0.492 e. The number of ether oxygens (including phenoxy) is 1. The Morgan fingerprint density at radius 2 is 1.76 bits per heavy atom. The van der Waals surface area contributed by atoms with Gasteiger partial charge in [-0.25, -0.2) is 4.98 Å². The summed E-state index contributed by atoms with van der Waals surface area (Å²) in [6.45, 7) is 2.96. The number of thioether (sulfide) groups is 1. The molecule has 2 aromatic heterocycles. The maximum Gasteiger partial charge on any atom is 0.295 e. The number of hydrogen-bond acceptors (Lipinski definition) is 10. The van der Waals surface area contributed by atoms with Gasteiger partial charge in [-0.1, -0.05) is 54.4 Å². The normalized spacial score (nSPS) is 11.3. The third-order valence-electron chi connectivity index (χ3n) is 6.66. The molecule has 2 amide bonds. The molecule has 0 aliphatic carbocycles. The molecule has 0 fully saturated rings. The molecule has 49 heavy (non-hydrogen) atoms. The first-order chi connectivity index (χ1) is 23.5. The third kappa shape index (κ3) is 11.7. The number of nitrogens with one attached hydrogen (secondary N) is 3. The Morgan fingerprint density at radius 3 is 2.47 bits per heavy atom. The van der Waals surface area contributed by atoms with Crippen LogP contribution >= 0.6 is 35.0 Å². The predicted molar refractivity (Wildman–Crippen MR) is 191 cm³/mol. The lowest BCUT2D eigenvalue weighted by atomic mass is 10.2. The van der Waals surface area contributed by atoms with Gasteiger partial charge in [0.05, 0.1) is 39.8 Å². The van der Waals surface area contributed by atoms with Crippen LogP contribution < -0.4 is 20.8 Å². The second-order valence-corrected chi connectivity index (χ2v) is 13.5. The molecule has 0 unspecified atom stereocenters. The summed E-state index contributed by atoms with van der Waals surface area (Å²) >= 11 is 14.1. The van der Waals surface area contributed by atoms with Gasteiger partial charge >= 0.3 is 0 Å². The molecule has 0 saturated carbocycles. The van der Waals surface area contributed by atoms with Gasteiger partial charge in [-0.05, 0) is 48.9 Å². The summed E-state index contributed by atoms with van der Waals surface area (Å²) in [6, 6.07) is 18.0. The van der Waals surface area contributed by atoms with Crippen molar-refractivity contribution >= 4 is 68.9 Å². The van der Waals surface area contributed by atoms with E-state index in [1.54, 1.807) is 24.3 Å². The molecule has 0 saturated heterocycles. The molecule has 0 aliphatic heterocycles. The molecule has 258 valence electrons. The average molecular weight is 746 g/mol. The summed E-state index contributed by atoms with van der Waals surface area (Å²) in [5.41, 5.74) is 4.59.